The molecule has 54 heavy (non-hydrogen) atoms. The van der Waals surface area contributed by atoms with Gasteiger partial charge in [-0.1, -0.05) is 19.8 Å². The molecule has 4 aromatic rings. The number of benzene rings is 2. The van der Waals surface area contributed by atoms with Crippen LogP contribution in [0.5, 0.6) is 11.5 Å². The van der Waals surface area contributed by atoms with Crippen LogP contribution in [0.1, 0.15) is 76.8 Å². The maximum absolute atomic E-state index is 14.2. The fourth-order valence-electron chi connectivity index (χ4n) is 8.10. The number of ether oxygens (including phenoxy) is 2. The largest absolute Gasteiger partial charge is 0.490 e. The summed E-state index contributed by atoms with van der Waals surface area (Å²) in [4.78, 5) is 32.3. The van der Waals surface area contributed by atoms with Gasteiger partial charge in [0.05, 0.1) is 12.2 Å². The van der Waals surface area contributed by atoms with Crippen LogP contribution in [-0.4, -0.2) is 89.7 Å². The SMILES string of the molecule is CCCCC(Cc1c[nH]c2ccc(OC(C)C3CCNCC3)cc12)(NS(=O)(=O)C(Cc1c[nH]c2ccc(OC(C)C3CCNCC3)cc12)C(=O)O)C(=O)O. The molecule has 7 N–H and O–H groups in total. The number of unbranched alkanes of at least 4 members (excludes halogenated alkanes) is 1. The van der Waals surface area contributed by atoms with Crippen molar-refractivity contribution in [3.05, 3.63) is 59.9 Å². The molecular formula is C40H55N5O8S. The van der Waals surface area contributed by atoms with E-state index in [9.17, 15) is 28.2 Å². The number of aliphatic carboxylic acids is 2. The number of hydrogen-bond acceptors (Lipinski definition) is 8. The van der Waals surface area contributed by atoms with E-state index < -0.39 is 32.8 Å². The van der Waals surface area contributed by atoms with Gasteiger partial charge in [-0.25, -0.2) is 8.42 Å². The molecule has 4 heterocycles. The molecule has 2 aliphatic heterocycles. The molecule has 2 aliphatic rings. The Morgan fingerprint density at radius 2 is 1.33 bits per heavy atom. The zero-order valence-electron chi connectivity index (χ0n) is 31.5. The van der Waals surface area contributed by atoms with Crippen molar-refractivity contribution in [3.63, 3.8) is 0 Å². The topological polar surface area (TPSA) is 195 Å². The minimum Gasteiger partial charge on any atom is -0.490 e. The van der Waals surface area contributed by atoms with Gasteiger partial charge in [-0.3, -0.25) is 9.59 Å². The Balaban J connectivity index is 1.25. The van der Waals surface area contributed by atoms with Gasteiger partial charge in [0.25, 0.3) is 0 Å². The first-order chi connectivity index (χ1) is 25.9. The Morgan fingerprint density at radius 1 is 0.833 bits per heavy atom. The van der Waals surface area contributed by atoms with Crippen LogP contribution in [0.4, 0.5) is 0 Å². The van der Waals surface area contributed by atoms with Crippen LogP contribution in [0.3, 0.4) is 0 Å². The Kier molecular flexibility index (Phi) is 12.6. The lowest BCUT2D eigenvalue weighted by Gasteiger charge is -2.31. The monoisotopic (exact) mass is 765 g/mol. The van der Waals surface area contributed by atoms with Crippen molar-refractivity contribution in [2.45, 2.75) is 102 Å². The molecule has 0 spiro atoms. The third-order valence-corrected chi connectivity index (χ3v) is 13.3. The number of aromatic nitrogens is 2. The Bertz CT molecular complexity index is 2020. The maximum atomic E-state index is 14.2. The Morgan fingerprint density at radius 3 is 1.81 bits per heavy atom. The summed E-state index contributed by atoms with van der Waals surface area (Å²) in [6, 6.07) is 11.1. The minimum atomic E-state index is -4.76. The first kappa shape index (κ1) is 39.6. The fraction of sp³-hybridized carbons (Fsp3) is 0.550. The molecule has 2 fully saturated rings. The van der Waals surface area contributed by atoms with Gasteiger partial charge in [0.2, 0.25) is 10.0 Å². The average Bonchev–Trinajstić information content (AvgIpc) is 3.75. The van der Waals surface area contributed by atoms with Crippen molar-refractivity contribution in [2.24, 2.45) is 11.8 Å². The molecule has 14 heteroatoms. The minimum absolute atomic E-state index is 0.0199. The van der Waals surface area contributed by atoms with Crippen molar-refractivity contribution >= 4 is 43.8 Å². The molecule has 0 aliphatic carbocycles. The molecule has 2 saturated heterocycles. The highest BCUT2D eigenvalue weighted by atomic mass is 32.2. The number of carbonyl (C=O) groups is 2. The van der Waals surface area contributed by atoms with Crippen molar-refractivity contribution in [3.8, 4) is 11.5 Å². The number of piperidine rings is 2. The first-order valence-corrected chi connectivity index (χ1v) is 20.9. The van der Waals surface area contributed by atoms with E-state index in [1.54, 1.807) is 12.4 Å². The van der Waals surface area contributed by atoms with Crippen molar-refractivity contribution < 1.29 is 37.7 Å². The molecule has 0 amide bonds. The van der Waals surface area contributed by atoms with Crippen LogP contribution in [-0.2, 0) is 32.5 Å². The zero-order valence-corrected chi connectivity index (χ0v) is 32.3. The summed E-state index contributed by atoms with van der Waals surface area (Å²) in [6.45, 7) is 9.77. The van der Waals surface area contributed by atoms with Crippen molar-refractivity contribution in [1.82, 2.24) is 25.3 Å². The molecule has 0 saturated carbocycles. The average molecular weight is 766 g/mol. The summed E-state index contributed by atoms with van der Waals surface area (Å²) < 4.78 is 43.5. The molecule has 6 rings (SSSR count). The lowest BCUT2D eigenvalue weighted by molar-refractivity contribution is -0.144. The summed E-state index contributed by atoms with van der Waals surface area (Å²) in [5.41, 5.74) is 0.502. The van der Waals surface area contributed by atoms with Gasteiger partial charge in [0.15, 0.2) is 5.25 Å². The summed E-state index contributed by atoms with van der Waals surface area (Å²) in [7, 11) is -4.76. The van der Waals surface area contributed by atoms with Gasteiger partial charge in [-0.2, -0.15) is 4.72 Å². The highest BCUT2D eigenvalue weighted by Gasteiger charge is 2.46. The van der Waals surface area contributed by atoms with E-state index in [2.05, 4.69) is 32.2 Å². The number of nitrogens with one attached hydrogen (secondary N) is 5. The Labute approximate surface area is 317 Å². The highest BCUT2D eigenvalue weighted by Crippen LogP contribution is 2.33. The summed E-state index contributed by atoms with van der Waals surface area (Å²) in [5.74, 6) is -0.888. The number of aromatic amines is 2. The van der Waals surface area contributed by atoms with Crippen LogP contribution in [0.15, 0.2) is 48.8 Å². The van der Waals surface area contributed by atoms with E-state index in [1.165, 1.54) is 0 Å². The lowest BCUT2D eigenvalue weighted by Crippen LogP contribution is -2.59. The number of fused-ring (bicyclic) bond motifs is 2. The third-order valence-electron chi connectivity index (χ3n) is 11.5. The normalized spacial score (nSPS) is 18.9. The molecule has 0 bridgehead atoms. The van der Waals surface area contributed by atoms with E-state index in [4.69, 9.17) is 9.47 Å². The van der Waals surface area contributed by atoms with Gasteiger partial charge in [-0.15, -0.1) is 0 Å². The van der Waals surface area contributed by atoms with Crippen LogP contribution in [0, 0.1) is 11.8 Å². The van der Waals surface area contributed by atoms with Crippen LogP contribution >= 0.6 is 0 Å². The van der Waals surface area contributed by atoms with Crippen molar-refractivity contribution in [2.75, 3.05) is 26.2 Å². The fourth-order valence-corrected chi connectivity index (χ4v) is 9.72. The number of carboxylic acids is 2. The van der Waals surface area contributed by atoms with E-state index in [1.807, 2.05) is 50.2 Å². The number of hydrogen-bond donors (Lipinski definition) is 7. The number of carboxylic acid groups (broad SMARTS) is 2. The quantitative estimate of drug-likeness (QED) is 0.0694. The third kappa shape index (κ3) is 9.05. The van der Waals surface area contributed by atoms with Gasteiger partial charge < -0.3 is 40.3 Å². The van der Waals surface area contributed by atoms with Gasteiger partial charge >= 0.3 is 11.9 Å². The maximum Gasteiger partial charge on any atom is 0.325 e. The molecule has 2 aromatic heterocycles. The van der Waals surface area contributed by atoms with Crippen LogP contribution in [0.2, 0.25) is 0 Å². The van der Waals surface area contributed by atoms with Gasteiger partial charge in [-0.05, 0) is 131 Å². The number of sulfonamides is 1. The Hall–Kier alpha value is -4.11. The van der Waals surface area contributed by atoms with E-state index >= 15 is 0 Å². The van der Waals surface area contributed by atoms with Gasteiger partial charge in [0, 0.05) is 47.0 Å². The van der Waals surface area contributed by atoms with E-state index in [-0.39, 0.29) is 31.5 Å². The highest BCUT2D eigenvalue weighted by molar-refractivity contribution is 7.90. The summed E-state index contributed by atoms with van der Waals surface area (Å²) in [6.07, 6.45) is 7.67. The predicted molar refractivity (Wildman–Crippen MR) is 209 cm³/mol. The molecule has 2 aromatic carbocycles. The van der Waals surface area contributed by atoms with Crippen LogP contribution < -0.4 is 24.8 Å². The standard InChI is InChI=1S/C40H55N5O8S/c1-4-5-14-40(39(48)49,22-30-24-44-36-9-7-32(21-34(30)36)53-26(3)28-12-17-42-18-13-28)45-54(50,51)37(38(46)47)19-29-23-43-35-8-6-31(20-33(29)35)52-25(2)27-10-15-41-16-11-27/h6-9,20-21,23-28,37,41-45H,4-5,10-19,22H2,1-3H3,(H,46,47)(H,48,49). The number of H-pyrrole nitrogens is 2. The first-order valence-electron chi connectivity index (χ1n) is 19.3. The lowest BCUT2D eigenvalue weighted by atomic mass is 9.86. The van der Waals surface area contributed by atoms with Gasteiger partial charge in [0.1, 0.15) is 17.0 Å². The molecule has 13 nitrogen and oxygen atoms in total. The molecular weight excluding hydrogens is 711 g/mol. The number of rotatable bonds is 18. The second kappa shape index (κ2) is 17.1. The van der Waals surface area contributed by atoms with E-state index in [0.29, 0.717) is 63.6 Å². The second-order valence-electron chi connectivity index (χ2n) is 15.2. The smallest absolute Gasteiger partial charge is 0.325 e. The summed E-state index contributed by atoms with van der Waals surface area (Å²) in [5, 5.41) is 27.3. The van der Waals surface area contributed by atoms with E-state index in [0.717, 1.165) is 57.4 Å². The molecule has 294 valence electrons. The zero-order chi connectivity index (χ0) is 38.5. The predicted octanol–water partition coefficient (Wildman–Crippen LogP) is 5.35. The molecule has 0 radical (unpaired) electrons. The molecule has 4 atom stereocenters. The van der Waals surface area contributed by atoms with Crippen molar-refractivity contribution in [1.29, 1.82) is 0 Å². The molecule has 4 unspecified atom stereocenters. The second-order valence-corrected chi connectivity index (χ2v) is 17.1. The van der Waals surface area contributed by atoms with Crippen LogP contribution in [0.25, 0.3) is 21.8 Å². The summed E-state index contributed by atoms with van der Waals surface area (Å²) >= 11 is 0.